The van der Waals surface area contributed by atoms with Gasteiger partial charge in [-0.25, -0.2) is 0 Å². The van der Waals surface area contributed by atoms with E-state index in [4.69, 9.17) is 37.9 Å². The zero-order chi connectivity index (χ0) is 31.0. The Balaban J connectivity index is 1.15. The Labute approximate surface area is 263 Å². The fraction of sp³-hybridized carbons (Fsp3) is 0.500. The minimum Gasteiger partial charge on any atom is -0.464 e. The summed E-state index contributed by atoms with van der Waals surface area (Å²) in [7, 11) is 0. The van der Waals surface area contributed by atoms with Crippen LogP contribution in [0.5, 0.6) is 11.5 Å². The van der Waals surface area contributed by atoms with E-state index in [1.165, 1.54) is 0 Å². The minimum absolute atomic E-state index is 0.0139. The molecule has 0 radical (unpaired) electrons. The van der Waals surface area contributed by atoms with Gasteiger partial charge in [0.05, 0.1) is 32.7 Å². The van der Waals surface area contributed by atoms with E-state index in [9.17, 15) is 4.79 Å². The molecular weight excluding hydrogens is 580 g/mol. The highest BCUT2D eigenvalue weighted by molar-refractivity contribution is 5.92. The van der Waals surface area contributed by atoms with Crippen LogP contribution in [0.4, 0.5) is 0 Å². The third kappa shape index (κ3) is 7.45. The number of nitrogens with zero attached hydrogens (tertiary/aromatic N) is 2. The number of carbonyl (C=O) groups excluding carboxylic acids is 1. The summed E-state index contributed by atoms with van der Waals surface area (Å²) in [5.74, 6) is 1.45. The van der Waals surface area contributed by atoms with Crippen molar-refractivity contribution in [3.05, 3.63) is 71.7 Å². The zero-order valence-corrected chi connectivity index (χ0v) is 25.7. The van der Waals surface area contributed by atoms with Crippen molar-refractivity contribution in [1.82, 2.24) is 9.80 Å². The van der Waals surface area contributed by atoms with E-state index < -0.39 is 6.29 Å². The Bertz CT molecular complexity index is 1450. The van der Waals surface area contributed by atoms with E-state index in [0.717, 1.165) is 53.2 Å². The third-order valence-electron chi connectivity index (χ3n) is 8.50. The van der Waals surface area contributed by atoms with Crippen molar-refractivity contribution in [2.45, 2.75) is 32.1 Å². The normalized spacial score (nSPS) is 21.6. The number of amides is 1. The van der Waals surface area contributed by atoms with Gasteiger partial charge in [-0.15, -0.1) is 0 Å². The summed E-state index contributed by atoms with van der Waals surface area (Å²) in [6, 6.07) is 14.0. The molecule has 4 heterocycles. The van der Waals surface area contributed by atoms with Crippen LogP contribution in [0, 0.1) is 5.92 Å². The van der Waals surface area contributed by atoms with E-state index >= 15 is 0 Å². The number of piperazine rings is 1. The predicted molar refractivity (Wildman–Crippen MR) is 165 cm³/mol. The molecule has 0 aliphatic carbocycles. The van der Waals surface area contributed by atoms with Crippen LogP contribution in [0.1, 0.15) is 30.4 Å². The minimum atomic E-state index is -0.626. The lowest BCUT2D eigenvalue weighted by Gasteiger charge is -2.39. The molecule has 242 valence electrons. The van der Waals surface area contributed by atoms with E-state index in [1.54, 1.807) is 6.26 Å². The van der Waals surface area contributed by atoms with Gasteiger partial charge in [0.15, 0.2) is 17.3 Å². The van der Waals surface area contributed by atoms with Gasteiger partial charge < -0.3 is 42.8 Å². The molecule has 0 unspecified atom stereocenters. The predicted octanol–water partition coefficient (Wildman–Crippen LogP) is 3.90. The Kier molecular flexibility index (Phi) is 10.5. The number of hydrogen-bond acceptors (Lipinski definition) is 10. The molecule has 3 atom stereocenters. The molecule has 3 aliphatic heterocycles. The zero-order valence-electron chi connectivity index (χ0n) is 25.7. The quantitative estimate of drug-likeness (QED) is 0.266. The van der Waals surface area contributed by atoms with Crippen LogP contribution in [-0.4, -0.2) is 99.7 Å². The third-order valence-corrected chi connectivity index (χ3v) is 8.50. The molecule has 0 spiro atoms. The number of hydrogen-bond donors (Lipinski definition) is 1. The fourth-order valence-corrected chi connectivity index (χ4v) is 6.21. The summed E-state index contributed by atoms with van der Waals surface area (Å²) in [6.45, 7) is 7.67. The van der Waals surface area contributed by atoms with Crippen LogP contribution in [-0.2, 0) is 30.3 Å². The number of furan rings is 1. The number of fused-ring (bicyclic) bond motifs is 2. The number of rotatable bonds is 14. The molecule has 0 saturated carbocycles. The lowest BCUT2D eigenvalue weighted by Crippen LogP contribution is -2.50. The number of benzene rings is 2. The highest BCUT2D eigenvalue weighted by Crippen LogP contribution is 2.42. The fourth-order valence-electron chi connectivity index (χ4n) is 6.21. The molecular formula is C34H42N2O9. The molecule has 3 aromatic rings. The number of para-hydroxylation sites is 1. The Hall–Kier alpha value is -3.61. The first-order valence-corrected chi connectivity index (χ1v) is 15.8. The molecule has 0 bridgehead atoms. The smallest absolute Gasteiger partial charge is 0.288 e. The number of aliphatic hydroxyl groups excluding tert-OH is 1. The molecule has 1 aromatic heterocycles. The van der Waals surface area contributed by atoms with Gasteiger partial charge in [-0.2, -0.15) is 0 Å². The average Bonchev–Trinajstić information content (AvgIpc) is 3.72. The topological polar surface area (TPSA) is 112 Å². The maximum Gasteiger partial charge on any atom is 0.288 e. The molecule has 11 heteroatoms. The van der Waals surface area contributed by atoms with Crippen LogP contribution in [0.2, 0.25) is 0 Å². The molecule has 2 aromatic carbocycles. The van der Waals surface area contributed by atoms with Gasteiger partial charge in [-0.1, -0.05) is 24.3 Å². The first-order chi connectivity index (χ1) is 22.1. The van der Waals surface area contributed by atoms with Crippen LogP contribution in [0.3, 0.4) is 0 Å². The highest BCUT2D eigenvalue weighted by Gasteiger charge is 2.40. The van der Waals surface area contributed by atoms with E-state index in [-0.39, 0.29) is 31.1 Å². The molecule has 1 fully saturated rings. The van der Waals surface area contributed by atoms with E-state index in [0.29, 0.717) is 58.3 Å². The Morgan fingerprint density at radius 1 is 0.978 bits per heavy atom. The first kappa shape index (κ1) is 31.4. The summed E-state index contributed by atoms with van der Waals surface area (Å²) >= 11 is 0. The molecule has 1 amide bonds. The van der Waals surface area contributed by atoms with Gasteiger partial charge in [0.25, 0.3) is 5.91 Å². The Morgan fingerprint density at radius 3 is 2.60 bits per heavy atom. The van der Waals surface area contributed by atoms with Crippen LogP contribution in [0.15, 0.2) is 65.0 Å². The largest absolute Gasteiger partial charge is 0.464 e. The van der Waals surface area contributed by atoms with Crippen LogP contribution >= 0.6 is 0 Å². The molecule has 6 rings (SSSR count). The SMILES string of the molecule is CCO[C@@H]1OC(C(=O)N2CCN(Cc3ccc4c(c3)OCO4)CC2)=C[C@H](c2coc3ccccc23)[C@@H]1CCOCCOCCO. The standard InChI is InChI=1S/C34H42N2O9/c1-2-41-34-26(9-15-39-17-18-40-16-14-37)27(28-22-42-29-6-4-3-5-25(28)29)20-32(45-34)33(38)36-12-10-35(11-13-36)21-24-7-8-30-31(19-24)44-23-43-30/h3-8,19-20,22,26-27,34,37H,2,9-18,21,23H2,1H3/t26-,27-,34+/m0/s1. The number of ether oxygens (including phenoxy) is 6. The molecule has 1 saturated heterocycles. The Morgan fingerprint density at radius 2 is 1.78 bits per heavy atom. The summed E-state index contributed by atoms with van der Waals surface area (Å²) in [4.78, 5) is 18.1. The summed E-state index contributed by atoms with van der Waals surface area (Å²) in [6.07, 6.45) is 3.75. The second-order valence-electron chi connectivity index (χ2n) is 11.3. The number of carbonyl (C=O) groups is 1. The lowest BCUT2D eigenvalue weighted by molar-refractivity contribution is -0.172. The van der Waals surface area contributed by atoms with E-state index in [2.05, 4.69) is 11.0 Å². The van der Waals surface area contributed by atoms with Gasteiger partial charge in [-0.3, -0.25) is 9.69 Å². The van der Waals surface area contributed by atoms with Crippen molar-refractivity contribution < 1.29 is 42.7 Å². The van der Waals surface area contributed by atoms with Crippen molar-refractivity contribution >= 4 is 16.9 Å². The van der Waals surface area contributed by atoms with Crippen molar-refractivity contribution in [2.24, 2.45) is 5.92 Å². The molecule has 1 N–H and O–H groups in total. The molecule has 3 aliphatic rings. The van der Waals surface area contributed by atoms with Crippen LogP contribution in [0.25, 0.3) is 11.0 Å². The summed E-state index contributed by atoms with van der Waals surface area (Å²) < 4.78 is 40.5. The monoisotopic (exact) mass is 622 g/mol. The van der Waals surface area contributed by atoms with Crippen molar-refractivity contribution in [1.29, 1.82) is 0 Å². The van der Waals surface area contributed by atoms with Crippen molar-refractivity contribution in [3.8, 4) is 11.5 Å². The van der Waals surface area contributed by atoms with E-state index in [1.807, 2.05) is 54.3 Å². The first-order valence-electron chi connectivity index (χ1n) is 15.8. The van der Waals surface area contributed by atoms with Gasteiger partial charge >= 0.3 is 0 Å². The summed E-state index contributed by atoms with van der Waals surface area (Å²) in [5.41, 5.74) is 2.94. The van der Waals surface area contributed by atoms with Crippen molar-refractivity contribution in [2.75, 3.05) is 72.6 Å². The van der Waals surface area contributed by atoms with Gasteiger partial charge in [0.2, 0.25) is 13.1 Å². The van der Waals surface area contributed by atoms with Gasteiger partial charge in [-0.05, 0) is 43.2 Å². The highest BCUT2D eigenvalue weighted by atomic mass is 16.7. The number of allylic oxidation sites excluding steroid dienone is 1. The lowest BCUT2D eigenvalue weighted by atomic mass is 9.81. The second-order valence-corrected chi connectivity index (χ2v) is 11.3. The molecule has 11 nitrogen and oxygen atoms in total. The second kappa shape index (κ2) is 15.1. The maximum absolute atomic E-state index is 13.9. The van der Waals surface area contributed by atoms with Crippen LogP contribution < -0.4 is 9.47 Å². The van der Waals surface area contributed by atoms with Gasteiger partial charge in [0.1, 0.15) is 5.58 Å². The average molecular weight is 623 g/mol. The van der Waals surface area contributed by atoms with Crippen molar-refractivity contribution in [3.63, 3.8) is 0 Å². The van der Waals surface area contributed by atoms with Gasteiger partial charge in [0, 0.05) is 68.7 Å². The number of aliphatic hydroxyl groups is 1. The maximum atomic E-state index is 13.9. The molecule has 45 heavy (non-hydrogen) atoms. The summed E-state index contributed by atoms with van der Waals surface area (Å²) in [5, 5.41) is 9.91.